The van der Waals surface area contributed by atoms with Crippen molar-refractivity contribution in [2.75, 3.05) is 0 Å². The minimum absolute atomic E-state index is 0.139. The molecule has 1 radical (unpaired) electrons. The fourth-order valence-corrected chi connectivity index (χ4v) is 2.66. The first-order valence-electron chi connectivity index (χ1n) is 7.50. The van der Waals surface area contributed by atoms with Gasteiger partial charge < -0.3 is 0 Å². The maximum atomic E-state index is 11.7. The molecule has 0 aliphatic rings. The maximum Gasteiger partial charge on any atom is 0.179 e. The lowest BCUT2D eigenvalue weighted by Crippen LogP contribution is -1.88. The summed E-state index contributed by atoms with van der Waals surface area (Å²) >= 11 is 0. The minimum Gasteiger partial charge on any atom is -0.290 e. The first kappa shape index (κ1) is 13.9. The lowest BCUT2D eigenvalue weighted by molar-refractivity contribution is 0.355. The summed E-state index contributed by atoms with van der Waals surface area (Å²) in [5, 5.41) is 14.0. The van der Waals surface area contributed by atoms with E-state index in [4.69, 9.17) is 0 Å². The molecule has 101 valence electrons. The van der Waals surface area contributed by atoms with Crippen LogP contribution in [0.25, 0.3) is 10.8 Å². The summed E-state index contributed by atoms with van der Waals surface area (Å²) in [6.45, 7) is 2.24. The van der Waals surface area contributed by atoms with E-state index in [0.717, 1.165) is 11.8 Å². The second kappa shape index (κ2) is 7.18. The Morgan fingerprint density at radius 2 is 1.63 bits per heavy atom. The Bertz CT molecular complexity index is 516. The van der Waals surface area contributed by atoms with Gasteiger partial charge in [0.15, 0.2) is 5.75 Å². The van der Waals surface area contributed by atoms with Gasteiger partial charge in [-0.1, -0.05) is 63.3 Å². The summed E-state index contributed by atoms with van der Waals surface area (Å²) in [6.07, 6.45) is 8.81. The molecule has 0 atom stereocenters. The number of hydrogen-bond acceptors (Lipinski definition) is 0. The predicted octanol–water partition coefficient (Wildman–Crippen LogP) is 5.89. The number of fused-ring (bicyclic) bond motifs is 1. The van der Waals surface area contributed by atoms with Crippen molar-refractivity contribution < 1.29 is 5.11 Å². The van der Waals surface area contributed by atoms with Crippen molar-refractivity contribution in [3.63, 3.8) is 0 Å². The van der Waals surface area contributed by atoms with E-state index in [1.165, 1.54) is 49.5 Å². The molecule has 0 saturated heterocycles. The molecule has 1 nitrogen and oxygen atoms in total. The number of benzene rings is 2. The Kier molecular flexibility index (Phi) is 5.26. The monoisotopic (exact) mass is 255 g/mol. The minimum atomic E-state index is 0.139. The van der Waals surface area contributed by atoms with Crippen LogP contribution < -0.4 is 0 Å². The van der Waals surface area contributed by atoms with Gasteiger partial charge >= 0.3 is 0 Å². The molecule has 2 aromatic carbocycles. The molecule has 1 heteroatoms. The Hall–Kier alpha value is -1.50. The van der Waals surface area contributed by atoms with E-state index in [2.05, 4.69) is 19.1 Å². The van der Waals surface area contributed by atoms with Gasteiger partial charge in [-0.15, -0.1) is 0 Å². The average Bonchev–Trinajstić information content (AvgIpc) is 2.42. The Balaban J connectivity index is 1.96. The van der Waals surface area contributed by atoms with Crippen LogP contribution in [0.3, 0.4) is 0 Å². The zero-order valence-corrected chi connectivity index (χ0v) is 11.8. The van der Waals surface area contributed by atoms with Crippen LogP contribution in [0.1, 0.15) is 51.0 Å². The maximum absolute atomic E-state index is 11.7. The predicted molar refractivity (Wildman–Crippen MR) is 81.2 cm³/mol. The van der Waals surface area contributed by atoms with E-state index in [1.807, 2.05) is 18.2 Å². The Labute approximate surface area is 116 Å². The molecule has 0 spiro atoms. The van der Waals surface area contributed by atoms with Crippen molar-refractivity contribution in [2.24, 2.45) is 0 Å². The van der Waals surface area contributed by atoms with Gasteiger partial charge in [0.2, 0.25) is 0 Å². The van der Waals surface area contributed by atoms with Gasteiger partial charge in [-0.2, -0.15) is 0 Å². The second-order valence-electron chi connectivity index (χ2n) is 5.32. The van der Waals surface area contributed by atoms with Crippen molar-refractivity contribution >= 4 is 10.8 Å². The van der Waals surface area contributed by atoms with Gasteiger partial charge in [0.1, 0.15) is 0 Å². The first-order chi connectivity index (χ1) is 9.31. The quantitative estimate of drug-likeness (QED) is 0.550. The van der Waals surface area contributed by atoms with Crippen LogP contribution in [0.5, 0.6) is 5.75 Å². The van der Waals surface area contributed by atoms with Gasteiger partial charge in [0.25, 0.3) is 0 Å². The summed E-state index contributed by atoms with van der Waals surface area (Å²) in [5.41, 5.74) is 1.22. The Morgan fingerprint density at radius 1 is 0.895 bits per heavy atom. The molecule has 0 unspecified atom stereocenters. The van der Waals surface area contributed by atoms with Gasteiger partial charge in [-0.25, -0.2) is 0 Å². The van der Waals surface area contributed by atoms with Gasteiger partial charge in [0, 0.05) is 0 Å². The van der Waals surface area contributed by atoms with E-state index >= 15 is 0 Å². The van der Waals surface area contributed by atoms with Crippen LogP contribution in [0.4, 0.5) is 0 Å². The molecular formula is C18H23O. The smallest absolute Gasteiger partial charge is 0.179 e. The van der Waals surface area contributed by atoms with Crippen LogP contribution in [-0.4, -0.2) is 0 Å². The van der Waals surface area contributed by atoms with Crippen LogP contribution in [0.2, 0.25) is 0 Å². The first-order valence-corrected chi connectivity index (χ1v) is 7.50. The molecule has 0 aliphatic heterocycles. The SMILES string of the molecule is CCCCCCCCc1cc([O])cc2ccccc12. The fourth-order valence-electron chi connectivity index (χ4n) is 2.66. The molecule has 0 amide bonds. The molecule has 0 aliphatic carbocycles. The van der Waals surface area contributed by atoms with E-state index in [0.29, 0.717) is 0 Å². The summed E-state index contributed by atoms with van der Waals surface area (Å²) in [6, 6.07) is 11.8. The molecule has 2 aromatic rings. The standard InChI is InChI=1S/C18H23O/c1-2-3-4-5-6-7-10-15-13-17(19)14-16-11-8-9-12-18(15)16/h8-9,11-14H,2-7,10H2,1H3. The van der Waals surface area contributed by atoms with E-state index in [-0.39, 0.29) is 5.75 Å². The van der Waals surface area contributed by atoms with Gasteiger partial charge in [-0.3, -0.25) is 5.11 Å². The molecule has 0 heterocycles. The van der Waals surface area contributed by atoms with Crippen molar-refractivity contribution in [2.45, 2.75) is 51.9 Å². The molecule has 0 aromatic heterocycles. The van der Waals surface area contributed by atoms with E-state index < -0.39 is 0 Å². The van der Waals surface area contributed by atoms with Crippen molar-refractivity contribution in [1.29, 1.82) is 0 Å². The Morgan fingerprint density at radius 3 is 2.47 bits per heavy atom. The number of unbranched alkanes of at least 4 members (excludes halogenated alkanes) is 5. The van der Waals surface area contributed by atoms with Crippen LogP contribution in [-0.2, 0) is 11.5 Å². The summed E-state index contributed by atoms with van der Waals surface area (Å²) in [4.78, 5) is 0. The highest BCUT2D eigenvalue weighted by molar-refractivity contribution is 5.87. The largest absolute Gasteiger partial charge is 0.290 e. The third-order valence-corrected chi connectivity index (χ3v) is 3.72. The van der Waals surface area contributed by atoms with Crippen molar-refractivity contribution in [1.82, 2.24) is 0 Å². The fraction of sp³-hybridized carbons (Fsp3) is 0.444. The second-order valence-corrected chi connectivity index (χ2v) is 5.32. The topological polar surface area (TPSA) is 19.9 Å². The van der Waals surface area contributed by atoms with Crippen LogP contribution >= 0.6 is 0 Å². The molecule has 2 rings (SSSR count). The zero-order valence-electron chi connectivity index (χ0n) is 11.8. The molecular weight excluding hydrogens is 232 g/mol. The number of aryl methyl sites for hydroxylation is 1. The highest BCUT2D eigenvalue weighted by atomic mass is 16.3. The molecule has 0 fully saturated rings. The molecule has 0 N–H and O–H groups in total. The van der Waals surface area contributed by atoms with Gasteiger partial charge in [-0.05, 0) is 41.3 Å². The van der Waals surface area contributed by atoms with E-state index in [1.54, 1.807) is 6.07 Å². The zero-order chi connectivity index (χ0) is 13.5. The summed E-state index contributed by atoms with van der Waals surface area (Å²) in [7, 11) is 0. The third-order valence-electron chi connectivity index (χ3n) is 3.72. The summed E-state index contributed by atoms with van der Waals surface area (Å²) < 4.78 is 0. The van der Waals surface area contributed by atoms with Crippen LogP contribution in [0, 0.1) is 0 Å². The lowest BCUT2D eigenvalue weighted by atomic mass is 9.98. The highest BCUT2D eigenvalue weighted by Crippen LogP contribution is 2.26. The molecule has 0 saturated carbocycles. The van der Waals surface area contributed by atoms with Crippen molar-refractivity contribution in [3.05, 3.63) is 42.0 Å². The highest BCUT2D eigenvalue weighted by Gasteiger charge is 2.04. The van der Waals surface area contributed by atoms with Crippen LogP contribution in [0.15, 0.2) is 36.4 Å². The summed E-state index contributed by atoms with van der Waals surface area (Å²) in [5.74, 6) is 0.139. The normalized spacial score (nSPS) is 11.0. The molecule has 0 bridgehead atoms. The molecule has 19 heavy (non-hydrogen) atoms. The number of hydrogen-bond donors (Lipinski definition) is 0. The number of rotatable bonds is 7. The third kappa shape index (κ3) is 3.99. The average molecular weight is 255 g/mol. The van der Waals surface area contributed by atoms with E-state index in [9.17, 15) is 5.11 Å². The van der Waals surface area contributed by atoms with Gasteiger partial charge in [0.05, 0.1) is 0 Å². The lowest BCUT2D eigenvalue weighted by Gasteiger charge is -2.07. The van der Waals surface area contributed by atoms with Crippen molar-refractivity contribution in [3.8, 4) is 5.75 Å².